The van der Waals surface area contributed by atoms with Gasteiger partial charge in [-0.25, -0.2) is 8.42 Å². The highest BCUT2D eigenvalue weighted by atomic mass is 32.2. The van der Waals surface area contributed by atoms with Crippen LogP contribution in [0.5, 0.6) is 5.75 Å². The summed E-state index contributed by atoms with van der Waals surface area (Å²) in [4.78, 5) is 14.5. The van der Waals surface area contributed by atoms with Gasteiger partial charge >= 0.3 is 0 Å². The first-order valence-electron chi connectivity index (χ1n) is 9.90. The first kappa shape index (κ1) is 20.4. The molecule has 0 radical (unpaired) electrons. The van der Waals surface area contributed by atoms with E-state index in [1.54, 1.807) is 17.9 Å². The Morgan fingerprint density at radius 3 is 2.43 bits per heavy atom. The van der Waals surface area contributed by atoms with E-state index in [9.17, 15) is 18.3 Å². The molecule has 1 amide bonds. The summed E-state index contributed by atoms with van der Waals surface area (Å²) in [7, 11) is -3.81. The molecule has 30 heavy (non-hydrogen) atoms. The topological polar surface area (TPSA) is 77.9 Å². The molecule has 1 heterocycles. The number of aromatic hydroxyl groups is 1. The lowest BCUT2D eigenvalue weighted by Gasteiger charge is -2.34. The highest BCUT2D eigenvalue weighted by molar-refractivity contribution is 7.89. The number of sulfonamides is 1. The largest absolute Gasteiger partial charge is 0.507 e. The number of hydrogen-bond acceptors (Lipinski definition) is 4. The van der Waals surface area contributed by atoms with Crippen molar-refractivity contribution in [3.05, 3.63) is 71.8 Å². The third-order valence-electron chi connectivity index (χ3n) is 5.55. The number of aryl methyl sites for hydroxylation is 1. The molecule has 1 aliphatic heterocycles. The molecule has 3 aromatic rings. The van der Waals surface area contributed by atoms with Gasteiger partial charge in [-0.15, -0.1) is 0 Å². The molecule has 7 heteroatoms. The fourth-order valence-corrected chi connectivity index (χ4v) is 5.46. The van der Waals surface area contributed by atoms with Gasteiger partial charge in [0.1, 0.15) is 10.6 Å². The second-order valence-corrected chi connectivity index (χ2v) is 9.48. The summed E-state index contributed by atoms with van der Waals surface area (Å²) in [5.41, 5.74) is 1.73. The Balaban J connectivity index is 1.45. The van der Waals surface area contributed by atoms with E-state index >= 15 is 0 Å². The second-order valence-electron chi connectivity index (χ2n) is 7.57. The normalized spacial score (nSPS) is 15.4. The molecule has 0 aliphatic carbocycles. The number of rotatable bonds is 4. The van der Waals surface area contributed by atoms with E-state index in [1.807, 2.05) is 42.5 Å². The number of nitrogens with zero attached hydrogens (tertiary/aromatic N) is 2. The van der Waals surface area contributed by atoms with Crippen molar-refractivity contribution in [2.75, 3.05) is 26.2 Å². The van der Waals surface area contributed by atoms with Crippen molar-refractivity contribution in [1.82, 2.24) is 9.21 Å². The SMILES string of the molecule is Cc1ccc(O)c(S(=O)(=O)N2CCN(C(=O)Cc3cccc4ccccc34)CC2)c1. The summed E-state index contributed by atoms with van der Waals surface area (Å²) in [6.07, 6.45) is 0.284. The zero-order chi connectivity index (χ0) is 21.3. The molecule has 0 atom stereocenters. The van der Waals surface area contributed by atoms with Gasteiger partial charge in [-0.3, -0.25) is 4.79 Å². The Labute approximate surface area is 176 Å². The zero-order valence-corrected chi connectivity index (χ0v) is 17.6. The van der Waals surface area contributed by atoms with Crippen LogP contribution in [0.25, 0.3) is 10.8 Å². The number of piperazine rings is 1. The molecule has 0 aromatic heterocycles. The van der Waals surface area contributed by atoms with E-state index in [0.717, 1.165) is 21.9 Å². The van der Waals surface area contributed by atoms with E-state index < -0.39 is 10.0 Å². The predicted octanol–water partition coefficient (Wildman–Crippen LogP) is 2.93. The standard InChI is InChI=1S/C23H24N2O4S/c1-17-9-10-21(26)22(15-17)30(28,29)25-13-11-24(12-14-25)23(27)16-19-7-4-6-18-5-2-3-8-20(18)19/h2-10,15,26H,11-14,16H2,1H3. The minimum Gasteiger partial charge on any atom is -0.507 e. The van der Waals surface area contributed by atoms with E-state index in [-0.39, 0.29) is 36.1 Å². The molecule has 1 aliphatic rings. The van der Waals surface area contributed by atoms with Crippen LogP contribution in [0.3, 0.4) is 0 Å². The maximum Gasteiger partial charge on any atom is 0.246 e. The predicted molar refractivity (Wildman–Crippen MR) is 116 cm³/mol. The number of carbonyl (C=O) groups excluding carboxylic acids is 1. The Kier molecular flexibility index (Phi) is 5.49. The molecule has 0 unspecified atom stereocenters. The van der Waals surface area contributed by atoms with Crippen LogP contribution in [-0.2, 0) is 21.2 Å². The Hall–Kier alpha value is -2.90. The maximum absolute atomic E-state index is 12.9. The highest BCUT2D eigenvalue weighted by Gasteiger charge is 2.31. The third kappa shape index (κ3) is 3.91. The van der Waals surface area contributed by atoms with Gasteiger partial charge in [0, 0.05) is 26.2 Å². The van der Waals surface area contributed by atoms with Crippen LogP contribution in [0.1, 0.15) is 11.1 Å². The second kappa shape index (κ2) is 8.08. The van der Waals surface area contributed by atoms with Crippen LogP contribution in [0.15, 0.2) is 65.6 Å². The van der Waals surface area contributed by atoms with Gasteiger partial charge < -0.3 is 10.0 Å². The van der Waals surface area contributed by atoms with E-state index in [4.69, 9.17) is 0 Å². The van der Waals surface area contributed by atoms with Crippen molar-refractivity contribution in [3.63, 3.8) is 0 Å². The smallest absolute Gasteiger partial charge is 0.246 e. The van der Waals surface area contributed by atoms with Gasteiger partial charge in [0.15, 0.2) is 0 Å². The molecule has 0 saturated carbocycles. The van der Waals surface area contributed by atoms with Crippen molar-refractivity contribution in [3.8, 4) is 5.75 Å². The van der Waals surface area contributed by atoms with Crippen molar-refractivity contribution in [2.45, 2.75) is 18.2 Å². The third-order valence-corrected chi connectivity index (χ3v) is 7.47. The summed E-state index contributed by atoms with van der Waals surface area (Å²) < 4.78 is 27.2. The number of hydrogen-bond donors (Lipinski definition) is 1. The average Bonchev–Trinajstić information content (AvgIpc) is 2.75. The Bertz CT molecular complexity index is 1190. The lowest BCUT2D eigenvalue weighted by atomic mass is 10.0. The first-order valence-corrected chi connectivity index (χ1v) is 11.3. The van der Waals surface area contributed by atoms with Crippen LogP contribution in [-0.4, -0.2) is 54.8 Å². The molecular weight excluding hydrogens is 400 g/mol. The van der Waals surface area contributed by atoms with Gasteiger partial charge in [-0.2, -0.15) is 4.31 Å². The van der Waals surface area contributed by atoms with Crippen molar-refractivity contribution in [1.29, 1.82) is 0 Å². The molecule has 0 bridgehead atoms. The molecule has 4 rings (SSSR count). The minimum absolute atomic E-state index is 0.0122. The highest BCUT2D eigenvalue weighted by Crippen LogP contribution is 2.27. The van der Waals surface area contributed by atoms with Gasteiger partial charge in [-0.05, 0) is 41.0 Å². The monoisotopic (exact) mass is 424 g/mol. The van der Waals surface area contributed by atoms with Crippen LogP contribution < -0.4 is 0 Å². The zero-order valence-electron chi connectivity index (χ0n) is 16.8. The molecule has 1 saturated heterocycles. The molecular formula is C23H24N2O4S. The van der Waals surface area contributed by atoms with Gasteiger partial charge in [0.05, 0.1) is 6.42 Å². The lowest BCUT2D eigenvalue weighted by Crippen LogP contribution is -2.50. The number of benzene rings is 3. The van der Waals surface area contributed by atoms with Crippen LogP contribution in [0, 0.1) is 6.92 Å². The van der Waals surface area contributed by atoms with Gasteiger partial charge in [0.25, 0.3) is 0 Å². The number of amides is 1. The molecule has 1 N–H and O–H groups in total. The summed E-state index contributed by atoms with van der Waals surface area (Å²) in [6.45, 7) is 2.85. The molecule has 6 nitrogen and oxygen atoms in total. The van der Waals surface area contributed by atoms with Crippen molar-refractivity contribution in [2.24, 2.45) is 0 Å². The molecule has 3 aromatic carbocycles. The molecule has 1 fully saturated rings. The molecule has 156 valence electrons. The number of phenols is 1. The Morgan fingerprint density at radius 1 is 0.967 bits per heavy atom. The quantitative estimate of drug-likeness (QED) is 0.699. The summed E-state index contributed by atoms with van der Waals surface area (Å²) >= 11 is 0. The van der Waals surface area contributed by atoms with E-state index in [0.29, 0.717) is 13.1 Å². The lowest BCUT2D eigenvalue weighted by molar-refractivity contribution is -0.131. The fourth-order valence-electron chi connectivity index (χ4n) is 3.87. The average molecular weight is 425 g/mol. The fraction of sp³-hybridized carbons (Fsp3) is 0.261. The van der Waals surface area contributed by atoms with E-state index in [2.05, 4.69) is 0 Å². The van der Waals surface area contributed by atoms with E-state index in [1.165, 1.54) is 16.4 Å². The van der Waals surface area contributed by atoms with Crippen LogP contribution in [0.4, 0.5) is 0 Å². The van der Waals surface area contributed by atoms with Gasteiger partial charge in [0.2, 0.25) is 15.9 Å². The summed E-state index contributed by atoms with van der Waals surface area (Å²) in [5.74, 6) is -0.267. The Morgan fingerprint density at radius 2 is 1.67 bits per heavy atom. The first-order chi connectivity index (χ1) is 14.4. The van der Waals surface area contributed by atoms with Crippen molar-refractivity contribution >= 4 is 26.7 Å². The van der Waals surface area contributed by atoms with Crippen LogP contribution >= 0.6 is 0 Å². The van der Waals surface area contributed by atoms with Crippen LogP contribution in [0.2, 0.25) is 0 Å². The minimum atomic E-state index is -3.81. The number of carbonyl (C=O) groups is 1. The number of phenolic OH excluding ortho intramolecular Hbond substituents is 1. The van der Waals surface area contributed by atoms with Gasteiger partial charge in [-0.1, -0.05) is 48.5 Å². The number of fused-ring (bicyclic) bond motifs is 1. The summed E-state index contributed by atoms with van der Waals surface area (Å²) in [6, 6.07) is 18.4. The summed E-state index contributed by atoms with van der Waals surface area (Å²) in [5, 5.41) is 12.2. The maximum atomic E-state index is 12.9. The van der Waals surface area contributed by atoms with Crippen molar-refractivity contribution < 1.29 is 18.3 Å². The molecule has 0 spiro atoms.